The molecule has 7 heteroatoms. The first-order valence-corrected chi connectivity index (χ1v) is 9.38. The van der Waals surface area contributed by atoms with Crippen LogP contribution in [0.1, 0.15) is 32.4 Å². The van der Waals surface area contributed by atoms with Gasteiger partial charge in [-0.15, -0.1) is 24.0 Å². The summed E-state index contributed by atoms with van der Waals surface area (Å²) >= 11 is 0. The standard InChI is InChI=1S/C20H29N5O.HI/c1-15(2)25-11-9-17(10-12-25)23-20(21-3)22-14-18-13-19(24-26-18)16-7-5-4-6-8-16;/h4-8,13,15,17H,9-12,14H2,1-3H3,(H2,21,22,23);1H. The zero-order chi connectivity index (χ0) is 18.4. The van der Waals surface area contributed by atoms with Gasteiger partial charge in [-0.25, -0.2) is 0 Å². The normalized spacial score (nSPS) is 16.2. The number of benzene rings is 1. The van der Waals surface area contributed by atoms with Gasteiger partial charge in [-0.2, -0.15) is 0 Å². The minimum atomic E-state index is 0. The minimum absolute atomic E-state index is 0. The van der Waals surface area contributed by atoms with Gasteiger partial charge >= 0.3 is 0 Å². The lowest BCUT2D eigenvalue weighted by atomic mass is 10.0. The molecule has 0 bridgehead atoms. The second kappa shape index (κ2) is 10.7. The number of hydrogen-bond donors (Lipinski definition) is 2. The van der Waals surface area contributed by atoms with E-state index >= 15 is 0 Å². The Morgan fingerprint density at radius 3 is 2.59 bits per heavy atom. The van der Waals surface area contributed by atoms with Crippen molar-refractivity contribution in [2.75, 3.05) is 20.1 Å². The second-order valence-electron chi connectivity index (χ2n) is 7.02. The summed E-state index contributed by atoms with van der Waals surface area (Å²) < 4.78 is 5.44. The highest BCUT2D eigenvalue weighted by Gasteiger charge is 2.21. The molecule has 1 aliphatic rings. The Bertz CT molecular complexity index is 708. The zero-order valence-electron chi connectivity index (χ0n) is 16.3. The summed E-state index contributed by atoms with van der Waals surface area (Å²) in [5.41, 5.74) is 1.91. The SMILES string of the molecule is CN=C(NCc1cc(-c2ccccc2)no1)NC1CCN(C(C)C)CC1.I. The summed E-state index contributed by atoms with van der Waals surface area (Å²) in [5.74, 6) is 1.60. The summed E-state index contributed by atoms with van der Waals surface area (Å²) in [7, 11) is 1.80. The van der Waals surface area contributed by atoms with Crippen molar-refractivity contribution in [2.24, 2.45) is 4.99 Å². The van der Waals surface area contributed by atoms with Gasteiger partial charge in [0.15, 0.2) is 11.7 Å². The van der Waals surface area contributed by atoms with Crippen molar-refractivity contribution in [3.63, 3.8) is 0 Å². The van der Waals surface area contributed by atoms with Crippen LogP contribution in [-0.4, -0.2) is 48.2 Å². The van der Waals surface area contributed by atoms with Crippen molar-refractivity contribution in [1.29, 1.82) is 0 Å². The predicted octanol–water partition coefficient (Wildman–Crippen LogP) is 3.50. The van der Waals surface area contributed by atoms with Gasteiger partial charge in [0.2, 0.25) is 0 Å². The smallest absolute Gasteiger partial charge is 0.191 e. The predicted molar refractivity (Wildman–Crippen MR) is 120 cm³/mol. The number of nitrogens with one attached hydrogen (secondary N) is 2. The number of piperidine rings is 1. The Morgan fingerprint density at radius 1 is 1.26 bits per heavy atom. The van der Waals surface area contributed by atoms with Crippen molar-refractivity contribution in [3.05, 3.63) is 42.2 Å². The molecule has 2 N–H and O–H groups in total. The van der Waals surface area contributed by atoms with Crippen LogP contribution in [-0.2, 0) is 6.54 Å². The third-order valence-corrected chi connectivity index (χ3v) is 4.88. The van der Waals surface area contributed by atoms with Crippen LogP contribution in [0.15, 0.2) is 45.9 Å². The molecule has 1 aliphatic heterocycles. The molecule has 148 valence electrons. The lowest BCUT2D eigenvalue weighted by Crippen LogP contribution is -2.49. The van der Waals surface area contributed by atoms with Gasteiger partial charge in [0.25, 0.3) is 0 Å². The Hall–Kier alpha value is -1.61. The van der Waals surface area contributed by atoms with E-state index in [1.807, 2.05) is 36.4 Å². The first kappa shape index (κ1) is 21.7. The van der Waals surface area contributed by atoms with E-state index < -0.39 is 0 Å². The Kier molecular flexibility index (Phi) is 8.56. The fourth-order valence-electron chi connectivity index (χ4n) is 3.26. The van der Waals surface area contributed by atoms with Crippen molar-refractivity contribution in [1.82, 2.24) is 20.7 Å². The van der Waals surface area contributed by atoms with Crippen LogP contribution in [0.25, 0.3) is 11.3 Å². The molecule has 6 nitrogen and oxygen atoms in total. The fraction of sp³-hybridized carbons (Fsp3) is 0.500. The molecule has 27 heavy (non-hydrogen) atoms. The number of likely N-dealkylation sites (tertiary alicyclic amines) is 1. The molecular weight excluding hydrogens is 453 g/mol. The van der Waals surface area contributed by atoms with E-state index in [-0.39, 0.29) is 24.0 Å². The van der Waals surface area contributed by atoms with Crippen LogP contribution in [0, 0.1) is 0 Å². The number of rotatable bonds is 5. The van der Waals surface area contributed by atoms with E-state index in [1.54, 1.807) is 7.05 Å². The molecular formula is C20H30IN5O. The molecule has 2 heterocycles. The highest BCUT2D eigenvalue weighted by atomic mass is 127. The summed E-state index contributed by atoms with van der Waals surface area (Å²) in [4.78, 5) is 6.86. The molecule has 1 aromatic heterocycles. The molecule has 1 saturated heterocycles. The summed E-state index contributed by atoms with van der Waals surface area (Å²) in [6.07, 6.45) is 2.28. The lowest BCUT2D eigenvalue weighted by Gasteiger charge is -2.35. The minimum Gasteiger partial charge on any atom is -0.359 e. The molecule has 0 saturated carbocycles. The molecule has 0 spiro atoms. The summed E-state index contributed by atoms with van der Waals surface area (Å²) in [6.45, 7) is 7.35. The van der Waals surface area contributed by atoms with Crippen LogP contribution in [0.3, 0.4) is 0 Å². The van der Waals surface area contributed by atoms with Crippen molar-refractivity contribution < 1.29 is 4.52 Å². The van der Waals surface area contributed by atoms with Crippen LogP contribution < -0.4 is 10.6 Å². The number of nitrogens with zero attached hydrogens (tertiary/aromatic N) is 3. The maximum Gasteiger partial charge on any atom is 0.191 e. The Morgan fingerprint density at radius 2 is 1.96 bits per heavy atom. The van der Waals surface area contributed by atoms with Crippen LogP contribution >= 0.6 is 24.0 Å². The molecule has 0 amide bonds. The third kappa shape index (κ3) is 6.21. The number of hydrogen-bond acceptors (Lipinski definition) is 4. The molecule has 1 aromatic carbocycles. The molecule has 0 atom stereocenters. The summed E-state index contributed by atoms with van der Waals surface area (Å²) in [5, 5.41) is 11.0. The highest BCUT2D eigenvalue weighted by Crippen LogP contribution is 2.18. The number of halogens is 1. The van der Waals surface area contributed by atoms with Gasteiger partial charge < -0.3 is 20.1 Å². The van der Waals surface area contributed by atoms with Crippen LogP contribution in [0.4, 0.5) is 0 Å². The number of guanidine groups is 1. The quantitative estimate of drug-likeness (QED) is 0.387. The molecule has 0 aliphatic carbocycles. The van der Waals surface area contributed by atoms with Gasteiger partial charge in [-0.3, -0.25) is 4.99 Å². The number of aliphatic imine (C=N–C) groups is 1. The van der Waals surface area contributed by atoms with Gasteiger partial charge in [0, 0.05) is 43.9 Å². The topological polar surface area (TPSA) is 65.7 Å². The Labute approximate surface area is 178 Å². The van der Waals surface area contributed by atoms with Gasteiger partial charge in [-0.05, 0) is 26.7 Å². The molecule has 2 aromatic rings. The van der Waals surface area contributed by atoms with Crippen LogP contribution in [0.5, 0.6) is 0 Å². The first-order valence-electron chi connectivity index (χ1n) is 9.38. The van der Waals surface area contributed by atoms with Crippen LogP contribution in [0.2, 0.25) is 0 Å². The van der Waals surface area contributed by atoms with Gasteiger partial charge in [0.1, 0.15) is 5.69 Å². The Balaban J connectivity index is 0.00000261. The number of aromatic nitrogens is 1. The van der Waals surface area contributed by atoms with Gasteiger partial charge in [0.05, 0.1) is 6.54 Å². The summed E-state index contributed by atoms with van der Waals surface area (Å²) in [6, 6.07) is 13.1. The monoisotopic (exact) mass is 483 g/mol. The van der Waals surface area contributed by atoms with Crippen molar-refractivity contribution in [3.8, 4) is 11.3 Å². The zero-order valence-corrected chi connectivity index (χ0v) is 18.6. The third-order valence-electron chi connectivity index (χ3n) is 4.88. The van der Waals surface area contributed by atoms with E-state index in [4.69, 9.17) is 4.52 Å². The maximum atomic E-state index is 5.44. The maximum absolute atomic E-state index is 5.44. The first-order chi connectivity index (χ1) is 12.7. The van der Waals surface area contributed by atoms with E-state index in [0.29, 0.717) is 18.6 Å². The average molecular weight is 483 g/mol. The van der Waals surface area contributed by atoms with Crippen molar-refractivity contribution in [2.45, 2.75) is 45.3 Å². The van der Waals surface area contributed by atoms with E-state index in [1.165, 1.54) is 0 Å². The second-order valence-corrected chi connectivity index (χ2v) is 7.02. The van der Waals surface area contributed by atoms with E-state index in [9.17, 15) is 0 Å². The fourth-order valence-corrected chi connectivity index (χ4v) is 3.26. The lowest BCUT2D eigenvalue weighted by molar-refractivity contribution is 0.167. The average Bonchev–Trinajstić information content (AvgIpc) is 3.15. The van der Waals surface area contributed by atoms with Gasteiger partial charge in [-0.1, -0.05) is 35.5 Å². The molecule has 3 rings (SSSR count). The van der Waals surface area contributed by atoms with Crippen molar-refractivity contribution >= 4 is 29.9 Å². The molecule has 1 fully saturated rings. The molecule has 0 unspecified atom stereocenters. The van der Waals surface area contributed by atoms with E-state index in [2.05, 4.69) is 39.5 Å². The largest absolute Gasteiger partial charge is 0.359 e. The molecule has 0 radical (unpaired) electrons. The van der Waals surface area contributed by atoms with E-state index in [0.717, 1.165) is 48.9 Å². The highest BCUT2D eigenvalue weighted by molar-refractivity contribution is 14.0.